The maximum atomic E-state index is 12.9. The van der Waals surface area contributed by atoms with Gasteiger partial charge in [-0.1, -0.05) is 61.7 Å². The highest BCUT2D eigenvalue weighted by Crippen LogP contribution is 2.42. The molecule has 1 unspecified atom stereocenters. The number of halogens is 1. The van der Waals surface area contributed by atoms with Crippen molar-refractivity contribution in [2.24, 2.45) is 0 Å². The lowest BCUT2D eigenvalue weighted by Gasteiger charge is -2.26. The Labute approximate surface area is 175 Å². The number of ether oxygens (including phenoxy) is 1. The average molecular weight is 414 g/mol. The second-order valence-corrected chi connectivity index (χ2v) is 7.39. The van der Waals surface area contributed by atoms with Crippen molar-refractivity contribution in [3.8, 4) is 5.75 Å². The number of Topliss-reactive ketones (excluding diaryl/α,β-unsaturated/α-hetero) is 1. The number of amides is 1. The lowest BCUT2D eigenvalue weighted by atomic mass is 9.94. The molecule has 0 bridgehead atoms. The van der Waals surface area contributed by atoms with Gasteiger partial charge < -0.3 is 14.7 Å². The third kappa shape index (κ3) is 4.15. The van der Waals surface area contributed by atoms with E-state index in [1.54, 1.807) is 37.4 Å². The molecule has 1 saturated heterocycles. The van der Waals surface area contributed by atoms with Gasteiger partial charge in [0.15, 0.2) is 0 Å². The number of ketones is 1. The molecule has 0 aromatic heterocycles. The number of nitrogens with zero attached hydrogens (tertiary/aromatic N) is 1. The van der Waals surface area contributed by atoms with Gasteiger partial charge in [-0.15, -0.1) is 0 Å². The van der Waals surface area contributed by atoms with Gasteiger partial charge in [-0.05, 0) is 24.6 Å². The van der Waals surface area contributed by atoms with Crippen molar-refractivity contribution in [3.05, 3.63) is 70.3 Å². The number of hydrogen-bond acceptors (Lipinski definition) is 4. The number of unbranched alkanes of at least 4 members (excludes halogenated alkanes) is 2. The topological polar surface area (TPSA) is 66.8 Å². The van der Waals surface area contributed by atoms with Gasteiger partial charge in [-0.3, -0.25) is 9.59 Å². The molecule has 5 nitrogen and oxygen atoms in total. The third-order valence-corrected chi connectivity index (χ3v) is 5.31. The van der Waals surface area contributed by atoms with Crippen molar-refractivity contribution in [1.29, 1.82) is 0 Å². The molecule has 0 spiro atoms. The maximum absolute atomic E-state index is 12.9. The Hall–Kier alpha value is -2.79. The summed E-state index contributed by atoms with van der Waals surface area (Å²) in [4.78, 5) is 27.3. The summed E-state index contributed by atoms with van der Waals surface area (Å²) in [5.41, 5.74) is 1.11. The maximum Gasteiger partial charge on any atom is 0.295 e. The van der Waals surface area contributed by atoms with Gasteiger partial charge in [0.05, 0.1) is 18.7 Å². The van der Waals surface area contributed by atoms with E-state index in [0.717, 1.165) is 19.3 Å². The molecule has 1 aliphatic rings. The summed E-state index contributed by atoms with van der Waals surface area (Å²) in [5, 5.41) is 11.4. The fourth-order valence-corrected chi connectivity index (χ4v) is 3.84. The first kappa shape index (κ1) is 20.9. The lowest BCUT2D eigenvalue weighted by Crippen LogP contribution is -2.30. The smallest absolute Gasteiger partial charge is 0.295 e. The molecule has 1 aliphatic heterocycles. The summed E-state index contributed by atoms with van der Waals surface area (Å²) in [6, 6.07) is 13.1. The third-order valence-electron chi connectivity index (χ3n) is 5.07. The zero-order valence-electron chi connectivity index (χ0n) is 16.5. The van der Waals surface area contributed by atoms with Crippen LogP contribution in [0, 0.1) is 0 Å². The molecule has 2 aromatic rings. The van der Waals surface area contributed by atoms with Crippen LogP contribution in [0.1, 0.15) is 43.4 Å². The van der Waals surface area contributed by atoms with Crippen molar-refractivity contribution in [1.82, 2.24) is 4.90 Å². The predicted molar refractivity (Wildman–Crippen MR) is 113 cm³/mol. The van der Waals surface area contributed by atoms with Crippen LogP contribution in [0.5, 0.6) is 5.75 Å². The van der Waals surface area contributed by atoms with Gasteiger partial charge >= 0.3 is 0 Å². The highest BCUT2D eigenvalue weighted by molar-refractivity contribution is 6.46. The Morgan fingerprint density at radius 1 is 1.14 bits per heavy atom. The SMILES string of the molecule is CCCCCN1C(=O)C(=O)/C(=C(\O)c2cccc(Cl)c2)C1c1ccccc1OC. The van der Waals surface area contributed by atoms with Crippen LogP contribution in [0.25, 0.3) is 5.76 Å². The second kappa shape index (κ2) is 9.14. The van der Waals surface area contributed by atoms with Crippen LogP contribution in [0.15, 0.2) is 54.1 Å². The number of methoxy groups -OCH3 is 1. The van der Waals surface area contributed by atoms with Crippen LogP contribution in [-0.2, 0) is 9.59 Å². The molecule has 6 heteroatoms. The summed E-state index contributed by atoms with van der Waals surface area (Å²) in [6.07, 6.45) is 2.70. The van der Waals surface area contributed by atoms with Crippen molar-refractivity contribution in [2.75, 3.05) is 13.7 Å². The normalized spacial score (nSPS) is 18.3. The Morgan fingerprint density at radius 3 is 2.59 bits per heavy atom. The largest absolute Gasteiger partial charge is 0.507 e. The molecule has 1 heterocycles. The minimum Gasteiger partial charge on any atom is -0.507 e. The molecular weight excluding hydrogens is 390 g/mol. The van der Waals surface area contributed by atoms with E-state index >= 15 is 0 Å². The van der Waals surface area contributed by atoms with Crippen LogP contribution in [0.2, 0.25) is 5.02 Å². The number of carbonyl (C=O) groups is 2. The van der Waals surface area contributed by atoms with Gasteiger partial charge in [0.2, 0.25) is 0 Å². The Bertz CT molecular complexity index is 953. The first-order valence-corrected chi connectivity index (χ1v) is 10.0. The first-order chi connectivity index (χ1) is 14.0. The molecule has 152 valence electrons. The number of hydrogen-bond donors (Lipinski definition) is 1. The van der Waals surface area contributed by atoms with E-state index in [2.05, 4.69) is 6.92 Å². The zero-order valence-corrected chi connectivity index (χ0v) is 17.3. The van der Waals surface area contributed by atoms with E-state index in [9.17, 15) is 14.7 Å². The monoisotopic (exact) mass is 413 g/mol. The first-order valence-electron chi connectivity index (χ1n) is 9.66. The number of carbonyl (C=O) groups excluding carboxylic acids is 2. The summed E-state index contributed by atoms with van der Waals surface area (Å²) in [5.74, 6) is -0.993. The van der Waals surface area contributed by atoms with Crippen molar-refractivity contribution >= 4 is 29.1 Å². The number of likely N-dealkylation sites (tertiary alicyclic amines) is 1. The van der Waals surface area contributed by atoms with Crippen LogP contribution in [0.3, 0.4) is 0 Å². The zero-order chi connectivity index (χ0) is 21.0. The lowest BCUT2D eigenvalue weighted by molar-refractivity contribution is -0.139. The number of rotatable bonds is 7. The van der Waals surface area contributed by atoms with Gasteiger partial charge in [-0.2, -0.15) is 0 Å². The van der Waals surface area contributed by atoms with E-state index in [0.29, 0.717) is 28.4 Å². The Morgan fingerprint density at radius 2 is 1.90 bits per heavy atom. The van der Waals surface area contributed by atoms with Crippen LogP contribution < -0.4 is 4.74 Å². The fraction of sp³-hybridized carbons (Fsp3) is 0.304. The van der Waals surface area contributed by atoms with E-state index < -0.39 is 17.7 Å². The minimum absolute atomic E-state index is 0.0539. The molecule has 3 rings (SSSR count). The molecular formula is C23H24ClNO4. The highest BCUT2D eigenvalue weighted by Gasteiger charge is 2.46. The van der Waals surface area contributed by atoms with Crippen LogP contribution in [0.4, 0.5) is 0 Å². The average Bonchev–Trinajstić information content (AvgIpc) is 2.98. The minimum atomic E-state index is -0.720. The summed E-state index contributed by atoms with van der Waals surface area (Å²) < 4.78 is 5.48. The van der Waals surface area contributed by atoms with E-state index in [-0.39, 0.29) is 11.3 Å². The number of aliphatic hydroxyl groups excluding tert-OH is 1. The molecule has 29 heavy (non-hydrogen) atoms. The molecule has 1 amide bonds. The van der Waals surface area contributed by atoms with Gasteiger partial charge in [0.25, 0.3) is 11.7 Å². The quantitative estimate of drug-likeness (QED) is 0.301. The van der Waals surface area contributed by atoms with Gasteiger partial charge in [0.1, 0.15) is 11.5 Å². The van der Waals surface area contributed by atoms with Gasteiger partial charge in [-0.25, -0.2) is 0 Å². The molecule has 2 aromatic carbocycles. The summed E-state index contributed by atoms with van der Waals surface area (Å²) in [7, 11) is 1.54. The van der Waals surface area contributed by atoms with E-state index in [4.69, 9.17) is 16.3 Å². The molecule has 1 fully saturated rings. The predicted octanol–water partition coefficient (Wildman–Crippen LogP) is 4.96. The second-order valence-electron chi connectivity index (χ2n) is 6.95. The number of aliphatic hydroxyl groups is 1. The summed E-state index contributed by atoms with van der Waals surface area (Å²) >= 11 is 6.06. The van der Waals surface area contributed by atoms with Crippen LogP contribution in [-0.4, -0.2) is 35.4 Å². The van der Waals surface area contributed by atoms with Crippen molar-refractivity contribution in [2.45, 2.75) is 32.2 Å². The molecule has 0 radical (unpaired) electrons. The summed E-state index contributed by atoms with van der Waals surface area (Å²) in [6.45, 7) is 2.50. The van der Waals surface area contributed by atoms with Crippen molar-refractivity contribution < 1.29 is 19.4 Å². The molecule has 0 saturated carbocycles. The molecule has 1 atom stereocenters. The standard InChI is InChI=1S/C23H24ClNO4/c1-3-4-7-13-25-20(17-11-5-6-12-18(17)29-2)19(22(27)23(25)28)21(26)15-9-8-10-16(24)14-15/h5-6,8-12,14,20,26H,3-4,7,13H2,1-2H3/b21-19-. The highest BCUT2D eigenvalue weighted by atomic mass is 35.5. The Kier molecular flexibility index (Phi) is 6.60. The molecule has 0 aliphatic carbocycles. The van der Waals surface area contributed by atoms with E-state index in [1.807, 2.05) is 18.2 Å². The van der Waals surface area contributed by atoms with Crippen molar-refractivity contribution in [3.63, 3.8) is 0 Å². The molecule has 1 N–H and O–H groups in total. The number of para-hydroxylation sites is 1. The number of benzene rings is 2. The van der Waals surface area contributed by atoms with Crippen LogP contribution >= 0.6 is 11.6 Å². The van der Waals surface area contributed by atoms with E-state index in [1.165, 1.54) is 4.90 Å². The van der Waals surface area contributed by atoms with Gasteiger partial charge in [0, 0.05) is 22.7 Å². The fourth-order valence-electron chi connectivity index (χ4n) is 3.65. The Balaban J connectivity index is 2.17.